The van der Waals surface area contributed by atoms with Crippen LogP contribution in [0.2, 0.25) is 0 Å². The fraction of sp³-hybridized carbons (Fsp3) is 0.939. The first-order valence-corrected chi connectivity index (χ1v) is 25.4. The van der Waals surface area contributed by atoms with E-state index < -0.39 is 86.8 Å². The number of ether oxygens (including phenoxy) is 4. The molecule has 14 nitrogen and oxygen atoms in total. The molecule has 0 bridgehead atoms. The maximum absolute atomic E-state index is 13.1. The number of unbranched alkanes of at least 4 members (excludes halogenated alkanes) is 26. The normalized spacial score (nSPS) is 27.5. The number of allylic oxidation sites excluding steroid dienone is 1. The Morgan fingerprint density at radius 3 is 1.46 bits per heavy atom. The second-order valence-electron chi connectivity index (χ2n) is 18.3. The van der Waals surface area contributed by atoms with Crippen LogP contribution in [0.5, 0.6) is 0 Å². The van der Waals surface area contributed by atoms with Crippen LogP contribution in [-0.2, 0) is 23.7 Å². The zero-order valence-corrected chi connectivity index (χ0v) is 39.3. The quantitative estimate of drug-likeness (QED) is 0.0241. The zero-order valence-electron chi connectivity index (χ0n) is 39.3. The molecule has 2 rings (SSSR count). The number of hydrogen-bond donors (Lipinski definition) is 9. The molecule has 0 aliphatic carbocycles. The van der Waals surface area contributed by atoms with Gasteiger partial charge >= 0.3 is 0 Å². The van der Waals surface area contributed by atoms with E-state index in [9.17, 15) is 45.6 Å². The standard InChI is InChI=1S/C49H93NO13/c1-3-5-7-9-11-13-15-17-18-19-20-21-22-24-26-28-30-32-38(53)37(50-41(54)33-31-29-27-25-23-16-14-12-10-8-6-4-2)36-60-48-46(59)44(57)47(40(35-52)62-48)63-49-45(58)43(56)42(55)39(34-51)61-49/h30,32,37-40,42-49,51-53,55-59H,3-29,31,33-36H2,1-2H3,(H,50,54)/b32-30+. The lowest BCUT2D eigenvalue weighted by molar-refractivity contribution is -0.359. The van der Waals surface area contributed by atoms with E-state index in [-0.39, 0.29) is 18.9 Å². The number of aliphatic hydroxyl groups is 8. The molecule has 12 unspecified atom stereocenters. The first kappa shape index (κ1) is 57.9. The smallest absolute Gasteiger partial charge is 0.220 e. The summed E-state index contributed by atoms with van der Waals surface area (Å²) >= 11 is 0. The van der Waals surface area contributed by atoms with Crippen molar-refractivity contribution in [2.75, 3.05) is 19.8 Å². The molecule has 0 aromatic carbocycles. The van der Waals surface area contributed by atoms with Gasteiger partial charge in [0.05, 0.1) is 32.0 Å². The molecule has 0 aromatic rings. The highest BCUT2D eigenvalue weighted by molar-refractivity contribution is 5.76. The van der Waals surface area contributed by atoms with Crippen LogP contribution in [0, 0.1) is 0 Å². The van der Waals surface area contributed by atoms with Gasteiger partial charge in [0.25, 0.3) is 0 Å². The Morgan fingerprint density at radius 1 is 0.556 bits per heavy atom. The Kier molecular flexibility index (Phi) is 33.8. The highest BCUT2D eigenvalue weighted by Gasteiger charge is 2.51. The third-order valence-corrected chi connectivity index (χ3v) is 12.7. The molecule has 1 amide bonds. The van der Waals surface area contributed by atoms with Crippen molar-refractivity contribution in [1.82, 2.24) is 5.32 Å². The van der Waals surface area contributed by atoms with Crippen LogP contribution < -0.4 is 5.32 Å². The highest BCUT2D eigenvalue weighted by atomic mass is 16.7. The SMILES string of the molecule is CCCCCCCCCCCCCCCCC/C=C/C(O)C(COC1OC(CO)C(OC2OC(CO)C(O)C(O)C2O)C(O)C1O)NC(=O)CCCCCCCCCCCCCC. The van der Waals surface area contributed by atoms with Crippen molar-refractivity contribution < 1.29 is 64.6 Å². The molecule has 2 saturated heterocycles. The fourth-order valence-electron chi connectivity index (χ4n) is 8.53. The van der Waals surface area contributed by atoms with Gasteiger partial charge in [0, 0.05) is 6.42 Å². The summed E-state index contributed by atoms with van der Waals surface area (Å²) < 4.78 is 22.7. The van der Waals surface area contributed by atoms with Gasteiger partial charge in [-0.15, -0.1) is 0 Å². The molecule has 0 aromatic heterocycles. The molecular weight excluding hydrogens is 811 g/mol. The van der Waals surface area contributed by atoms with E-state index in [1.807, 2.05) is 6.08 Å². The molecule has 0 saturated carbocycles. The number of rotatable bonds is 39. The van der Waals surface area contributed by atoms with Crippen LogP contribution in [0.25, 0.3) is 0 Å². The minimum atomic E-state index is -1.78. The topological polar surface area (TPSA) is 228 Å². The van der Waals surface area contributed by atoms with Gasteiger partial charge in [0.1, 0.15) is 48.8 Å². The molecule has 12 atom stereocenters. The molecule has 14 heteroatoms. The summed E-state index contributed by atoms with van der Waals surface area (Å²) in [6.45, 7) is 2.78. The lowest BCUT2D eigenvalue weighted by Crippen LogP contribution is -2.65. The van der Waals surface area contributed by atoms with E-state index in [1.165, 1.54) is 135 Å². The molecular formula is C49H93NO13. The minimum Gasteiger partial charge on any atom is -0.394 e. The van der Waals surface area contributed by atoms with Crippen LogP contribution in [0.4, 0.5) is 0 Å². The van der Waals surface area contributed by atoms with E-state index in [0.717, 1.165) is 38.5 Å². The van der Waals surface area contributed by atoms with Gasteiger partial charge in [-0.05, 0) is 19.3 Å². The summed E-state index contributed by atoms with van der Waals surface area (Å²) in [5.41, 5.74) is 0. The number of hydrogen-bond acceptors (Lipinski definition) is 13. The van der Waals surface area contributed by atoms with Crippen molar-refractivity contribution in [3.63, 3.8) is 0 Å². The first-order valence-electron chi connectivity index (χ1n) is 25.4. The van der Waals surface area contributed by atoms with Crippen molar-refractivity contribution in [3.8, 4) is 0 Å². The Labute approximate surface area is 380 Å². The number of carbonyl (C=O) groups is 1. The lowest BCUT2D eigenvalue weighted by Gasteiger charge is -2.46. The Bertz CT molecular complexity index is 1120. The number of amides is 1. The molecule has 372 valence electrons. The molecule has 2 fully saturated rings. The van der Waals surface area contributed by atoms with E-state index in [2.05, 4.69) is 19.2 Å². The minimum absolute atomic E-state index is 0.239. The van der Waals surface area contributed by atoms with Crippen LogP contribution in [0.3, 0.4) is 0 Å². The summed E-state index contributed by atoms with van der Waals surface area (Å²) in [5.74, 6) is -0.239. The van der Waals surface area contributed by atoms with Gasteiger partial charge in [-0.3, -0.25) is 4.79 Å². The molecule has 2 aliphatic heterocycles. The molecule has 63 heavy (non-hydrogen) atoms. The Hall–Kier alpha value is -1.27. The predicted octanol–water partition coefficient (Wildman–Crippen LogP) is 6.38. The van der Waals surface area contributed by atoms with E-state index in [0.29, 0.717) is 6.42 Å². The van der Waals surface area contributed by atoms with E-state index >= 15 is 0 Å². The summed E-state index contributed by atoms with van der Waals surface area (Å²) in [4.78, 5) is 13.1. The highest BCUT2D eigenvalue weighted by Crippen LogP contribution is 2.30. The van der Waals surface area contributed by atoms with Gasteiger partial charge in [-0.2, -0.15) is 0 Å². The summed E-state index contributed by atoms with van der Waals surface area (Å²) in [5, 5.41) is 86.7. The number of carbonyl (C=O) groups excluding carboxylic acids is 1. The maximum atomic E-state index is 13.1. The Balaban J connectivity index is 1.85. The average Bonchev–Trinajstić information content (AvgIpc) is 3.28. The molecule has 9 N–H and O–H groups in total. The second-order valence-corrected chi connectivity index (χ2v) is 18.3. The van der Waals surface area contributed by atoms with Gasteiger partial charge in [-0.25, -0.2) is 0 Å². The number of aliphatic hydroxyl groups excluding tert-OH is 8. The van der Waals surface area contributed by atoms with Crippen molar-refractivity contribution >= 4 is 5.91 Å². The molecule has 2 aliphatic rings. The van der Waals surface area contributed by atoms with Crippen molar-refractivity contribution in [2.24, 2.45) is 0 Å². The lowest BCUT2D eigenvalue weighted by atomic mass is 9.97. The number of nitrogens with one attached hydrogen (secondary N) is 1. The van der Waals surface area contributed by atoms with Crippen LogP contribution in [0.1, 0.15) is 200 Å². The summed E-state index contributed by atoms with van der Waals surface area (Å²) in [7, 11) is 0. The fourth-order valence-corrected chi connectivity index (χ4v) is 8.53. The third-order valence-electron chi connectivity index (χ3n) is 12.7. The summed E-state index contributed by atoms with van der Waals surface area (Å²) in [6.07, 6.45) is 21.1. The Morgan fingerprint density at radius 2 is 0.984 bits per heavy atom. The van der Waals surface area contributed by atoms with Crippen molar-refractivity contribution in [1.29, 1.82) is 0 Å². The largest absolute Gasteiger partial charge is 0.394 e. The average molecular weight is 904 g/mol. The van der Waals surface area contributed by atoms with Crippen LogP contribution in [0.15, 0.2) is 12.2 Å². The van der Waals surface area contributed by atoms with E-state index in [4.69, 9.17) is 18.9 Å². The molecule has 0 radical (unpaired) electrons. The van der Waals surface area contributed by atoms with Crippen molar-refractivity contribution in [3.05, 3.63) is 12.2 Å². The molecule has 0 spiro atoms. The maximum Gasteiger partial charge on any atom is 0.220 e. The zero-order chi connectivity index (χ0) is 46.1. The van der Waals surface area contributed by atoms with Gasteiger partial charge < -0.3 is 65.1 Å². The second kappa shape index (κ2) is 36.8. The van der Waals surface area contributed by atoms with Gasteiger partial charge in [-0.1, -0.05) is 187 Å². The van der Waals surface area contributed by atoms with E-state index in [1.54, 1.807) is 6.08 Å². The van der Waals surface area contributed by atoms with Crippen LogP contribution >= 0.6 is 0 Å². The monoisotopic (exact) mass is 904 g/mol. The third kappa shape index (κ3) is 24.4. The first-order chi connectivity index (χ1) is 30.6. The van der Waals surface area contributed by atoms with Gasteiger partial charge in [0.15, 0.2) is 12.6 Å². The van der Waals surface area contributed by atoms with Gasteiger partial charge in [0.2, 0.25) is 5.91 Å². The van der Waals surface area contributed by atoms with Crippen molar-refractivity contribution in [2.45, 2.75) is 274 Å². The summed E-state index contributed by atoms with van der Waals surface area (Å²) in [6, 6.07) is -0.907. The predicted molar refractivity (Wildman–Crippen MR) is 245 cm³/mol. The molecule has 2 heterocycles. The van der Waals surface area contributed by atoms with Crippen LogP contribution in [-0.4, -0.2) is 140 Å².